The van der Waals surface area contributed by atoms with E-state index in [1.807, 2.05) is 6.07 Å². The van der Waals surface area contributed by atoms with Crippen molar-refractivity contribution in [2.75, 3.05) is 18.0 Å². The van der Waals surface area contributed by atoms with Crippen LogP contribution >= 0.6 is 9.03 Å². The molecule has 1 aliphatic heterocycles. The summed E-state index contributed by atoms with van der Waals surface area (Å²) in [5.74, 6) is 1.81. The second-order valence-electron chi connectivity index (χ2n) is 5.92. The molecule has 2 heterocycles. The fraction of sp³-hybridized carbons (Fsp3) is 0.625. The van der Waals surface area contributed by atoms with Gasteiger partial charge in [0.2, 0.25) is 5.95 Å². The van der Waals surface area contributed by atoms with Crippen molar-refractivity contribution in [2.24, 2.45) is 5.92 Å². The Bertz CT molecular complexity index is 460. The number of rotatable bonds is 4. The minimum atomic E-state index is -0.418. The van der Waals surface area contributed by atoms with Gasteiger partial charge in [-0.15, -0.1) is 0 Å². The molecule has 2 aliphatic rings. The predicted octanol–water partition coefficient (Wildman–Crippen LogP) is 3.41. The summed E-state index contributed by atoms with van der Waals surface area (Å²) < 4.78 is 5.21. The van der Waals surface area contributed by atoms with Crippen molar-refractivity contribution in [1.29, 1.82) is 0 Å². The quantitative estimate of drug-likeness (QED) is 0.861. The Kier molecular flexibility index (Phi) is 7.23. The summed E-state index contributed by atoms with van der Waals surface area (Å²) in [6.07, 6.45) is 9.88. The van der Waals surface area contributed by atoms with Gasteiger partial charge in [-0.1, -0.05) is 32.8 Å². The van der Waals surface area contributed by atoms with Gasteiger partial charge in [0.05, 0.1) is 11.8 Å². The van der Waals surface area contributed by atoms with Crippen molar-refractivity contribution >= 4 is 21.1 Å². The minimum absolute atomic E-state index is 0.164. The van der Waals surface area contributed by atoms with Crippen LogP contribution in [0, 0.1) is 5.92 Å². The summed E-state index contributed by atoms with van der Waals surface area (Å²) >= 11 is 0. The van der Waals surface area contributed by atoms with E-state index in [0.717, 1.165) is 43.5 Å². The number of hydrogen-bond donors (Lipinski definition) is 1. The summed E-state index contributed by atoms with van der Waals surface area (Å²) in [4.78, 5) is 19.5. The zero-order valence-electron chi connectivity index (χ0n) is 13.2. The van der Waals surface area contributed by atoms with Crippen molar-refractivity contribution in [3.63, 3.8) is 0 Å². The van der Waals surface area contributed by atoms with Crippen molar-refractivity contribution < 1.29 is 9.42 Å². The molecule has 1 unspecified atom stereocenters. The molecular weight excluding hydrogens is 297 g/mol. The smallest absolute Gasteiger partial charge is 0.225 e. The van der Waals surface area contributed by atoms with E-state index in [-0.39, 0.29) is 6.10 Å². The van der Waals surface area contributed by atoms with Crippen LogP contribution in [0.3, 0.4) is 0 Å². The van der Waals surface area contributed by atoms with Crippen LogP contribution in [0.15, 0.2) is 18.8 Å². The highest BCUT2D eigenvalue weighted by molar-refractivity contribution is 7.25. The van der Waals surface area contributed by atoms with Crippen molar-refractivity contribution in [3.8, 4) is 0 Å². The third-order valence-electron chi connectivity index (χ3n) is 4.21. The lowest BCUT2D eigenvalue weighted by atomic mass is 9.88. The Morgan fingerprint density at radius 1 is 1.36 bits per heavy atom. The average molecular weight is 323 g/mol. The van der Waals surface area contributed by atoms with Crippen molar-refractivity contribution in [2.45, 2.75) is 45.1 Å². The maximum Gasteiger partial charge on any atom is 0.225 e. The monoisotopic (exact) mass is 323 g/mol. The Morgan fingerprint density at radius 3 is 2.55 bits per heavy atom. The fourth-order valence-electron chi connectivity index (χ4n) is 2.49. The lowest BCUT2D eigenvalue weighted by Crippen LogP contribution is -2.37. The van der Waals surface area contributed by atoms with E-state index >= 15 is 0 Å². The average Bonchev–Trinajstić information content (AvgIpc) is 2.54. The second kappa shape index (κ2) is 9.19. The molecule has 3 rings (SSSR count). The Morgan fingerprint density at radius 2 is 2.05 bits per heavy atom. The van der Waals surface area contributed by atoms with Gasteiger partial charge < -0.3 is 14.3 Å². The van der Waals surface area contributed by atoms with E-state index < -0.39 is 9.03 Å². The van der Waals surface area contributed by atoms with Gasteiger partial charge in [-0.25, -0.2) is 9.97 Å². The Hall–Kier alpha value is -1.03. The van der Waals surface area contributed by atoms with Gasteiger partial charge in [0, 0.05) is 19.3 Å². The highest BCUT2D eigenvalue weighted by Crippen LogP contribution is 2.24. The third kappa shape index (κ3) is 5.31. The standard InChI is InChI=1S/C11H16N3O2P.C5H10/c1-2-9-3-6-12-11(13-9)14-7-4-10(5-8-14)16-17-15;1-5-3-2-4-5/h2-3,6,10,15,17H,1,4-5,7-8H2;5H,2-4H2,1H3. The fourth-order valence-corrected chi connectivity index (χ4v) is 2.87. The van der Waals surface area contributed by atoms with Crippen molar-refractivity contribution in [1.82, 2.24) is 9.97 Å². The van der Waals surface area contributed by atoms with E-state index in [2.05, 4.69) is 28.4 Å². The predicted molar refractivity (Wildman–Crippen MR) is 92.0 cm³/mol. The Labute approximate surface area is 134 Å². The molecule has 122 valence electrons. The van der Waals surface area contributed by atoms with E-state index in [4.69, 9.17) is 9.42 Å². The number of hydrogen-bond acceptors (Lipinski definition) is 5. The lowest BCUT2D eigenvalue weighted by molar-refractivity contribution is 0.180. The van der Waals surface area contributed by atoms with Crippen LogP contribution in [-0.4, -0.2) is 34.1 Å². The van der Waals surface area contributed by atoms with Gasteiger partial charge >= 0.3 is 0 Å². The van der Waals surface area contributed by atoms with Crippen LogP contribution in [0.25, 0.3) is 6.08 Å². The molecule has 1 aromatic heterocycles. The van der Waals surface area contributed by atoms with Gasteiger partial charge in [0.1, 0.15) is 0 Å². The summed E-state index contributed by atoms with van der Waals surface area (Å²) in [7, 11) is -0.418. The number of piperidine rings is 1. The first-order chi connectivity index (χ1) is 10.7. The molecule has 1 N–H and O–H groups in total. The molecule has 5 nitrogen and oxygen atoms in total. The SMILES string of the molecule is C=Cc1ccnc(N2CCC(OPO)CC2)n1.CC1CCC1. The molecule has 0 aromatic carbocycles. The first-order valence-corrected chi connectivity index (χ1v) is 8.83. The summed E-state index contributed by atoms with van der Waals surface area (Å²) in [5.41, 5.74) is 0.838. The van der Waals surface area contributed by atoms with Gasteiger partial charge in [-0.3, -0.25) is 0 Å². The lowest BCUT2D eigenvalue weighted by Gasteiger charge is -2.31. The molecule has 22 heavy (non-hydrogen) atoms. The molecule has 0 spiro atoms. The topological polar surface area (TPSA) is 58.5 Å². The maximum absolute atomic E-state index is 8.73. The van der Waals surface area contributed by atoms with Gasteiger partial charge in [-0.2, -0.15) is 0 Å². The normalized spacial score (nSPS) is 19.6. The van der Waals surface area contributed by atoms with E-state index in [0.29, 0.717) is 0 Å². The Balaban J connectivity index is 0.000000299. The molecule has 0 amide bonds. The highest BCUT2D eigenvalue weighted by Gasteiger charge is 2.21. The number of aromatic nitrogens is 2. The van der Waals surface area contributed by atoms with Crippen LogP contribution in [-0.2, 0) is 4.52 Å². The summed E-state index contributed by atoms with van der Waals surface area (Å²) in [6, 6.07) is 1.83. The van der Waals surface area contributed by atoms with Gasteiger partial charge in [0.25, 0.3) is 0 Å². The van der Waals surface area contributed by atoms with Crippen LogP contribution in [0.4, 0.5) is 5.95 Å². The van der Waals surface area contributed by atoms with E-state index in [1.54, 1.807) is 12.3 Å². The molecule has 6 heteroatoms. The molecule has 2 fully saturated rings. The summed E-state index contributed by atoms with van der Waals surface area (Å²) in [6.45, 7) is 7.72. The maximum atomic E-state index is 8.73. The molecule has 1 aliphatic carbocycles. The largest absolute Gasteiger partial charge is 0.352 e. The van der Waals surface area contributed by atoms with Crippen LogP contribution in [0.5, 0.6) is 0 Å². The molecule has 1 aromatic rings. The second-order valence-corrected chi connectivity index (χ2v) is 6.34. The highest BCUT2D eigenvalue weighted by atomic mass is 31.1. The van der Waals surface area contributed by atoms with Gasteiger partial charge in [0.15, 0.2) is 9.03 Å². The van der Waals surface area contributed by atoms with E-state index in [9.17, 15) is 0 Å². The molecular formula is C16H26N3O2P. The van der Waals surface area contributed by atoms with E-state index in [1.165, 1.54) is 19.3 Å². The molecule has 1 saturated carbocycles. The molecule has 1 atom stereocenters. The third-order valence-corrected chi connectivity index (χ3v) is 4.65. The minimum Gasteiger partial charge on any atom is -0.352 e. The van der Waals surface area contributed by atoms with Crippen LogP contribution < -0.4 is 4.90 Å². The van der Waals surface area contributed by atoms with Crippen LogP contribution in [0.1, 0.15) is 44.7 Å². The van der Waals surface area contributed by atoms with Crippen LogP contribution in [0.2, 0.25) is 0 Å². The molecule has 1 saturated heterocycles. The molecule has 0 bridgehead atoms. The first-order valence-electron chi connectivity index (χ1n) is 7.98. The number of nitrogens with zero attached hydrogens (tertiary/aromatic N) is 3. The van der Waals surface area contributed by atoms with Gasteiger partial charge in [-0.05, 0) is 30.9 Å². The van der Waals surface area contributed by atoms with Crippen molar-refractivity contribution in [3.05, 3.63) is 24.5 Å². The zero-order valence-corrected chi connectivity index (χ0v) is 14.2. The first kappa shape index (κ1) is 17.3. The molecule has 0 radical (unpaired) electrons. The zero-order chi connectivity index (χ0) is 15.8. The number of anilines is 1. The summed E-state index contributed by atoms with van der Waals surface area (Å²) in [5, 5.41) is 0.